The summed E-state index contributed by atoms with van der Waals surface area (Å²) in [6, 6.07) is 30.3. The Bertz CT molecular complexity index is 2140. The first kappa shape index (κ1) is 23.6. The maximum atomic E-state index is 6.65. The predicted molar refractivity (Wildman–Crippen MR) is 172 cm³/mol. The van der Waals surface area contributed by atoms with Crippen molar-refractivity contribution in [3.05, 3.63) is 151 Å². The molecule has 41 heavy (non-hydrogen) atoms. The average molecular weight is 529 g/mol. The summed E-state index contributed by atoms with van der Waals surface area (Å²) in [7, 11) is 0. The molecule has 4 aromatic carbocycles. The molecular formula is C38H28N2O. The second-order valence-corrected chi connectivity index (χ2v) is 10.7. The molecule has 0 fully saturated rings. The number of fused-ring (bicyclic) bond motifs is 6. The topological polar surface area (TPSA) is 21.3 Å². The quantitative estimate of drug-likeness (QED) is 0.209. The molecule has 0 amide bonds. The number of furan rings is 1. The summed E-state index contributed by atoms with van der Waals surface area (Å²) in [6.45, 7) is 3.01. The van der Waals surface area contributed by atoms with Gasteiger partial charge in [0.2, 0.25) is 0 Å². The summed E-state index contributed by atoms with van der Waals surface area (Å²) in [5.41, 5.74) is 12.1. The standard InChI is InChI=1S/C38H28N2O/c1-26-13-4-3-11-24-39(33-18-6-2-5-14-28(26)33)27-22-23-37-32(25-27)31-17-12-21-36(38(31)41-37)40-34-19-9-7-15-29(34)30-16-8-10-20-35(30)40/h2-4,6-23,25-26H,24H2,1H3/b11-3-,13-4-. The lowest BCUT2D eigenvalue weighted by Gasteiger charge is -2.27. The number of hydrogen-bond acceptors (Lipinski definition) is 2. The Morgan fingerprint density at radius 2 is 1.56 bits per heavy atom. The highest BCUT2D eigenvalue weighted by atomic mass is 16.3. The van der Waals surface area contributed by atoms with Gasteiger partial charge in [-0.15, -0.1) is 5.73 Å². The van der Waals surface area contributed by atoms with Crippen LogP contribution < -0.4 is 4.90 Å². The first-order valence-corrected chi connectivity index (χ1v) is 14.2. The zero-order chi connectivity index (χ0) is 27.3. The van der Waals surface area contributed by atoms with Crippen molar-refractivity contribution in [2.75, 3.05) is 11.4 Å². The van der Waals surface area contributed by atoms with Crippen LogP contribution in [0.2, 0.25) is 0 Å². The minimum absolute atomic E-state index is 0.270. The highest BCUT2D eigenvalue weighted by Gasteiger charge is 2.20. The lowest BCUT2D eigenvalue weighted by atomic mass is 9.97. The van der Waals surface area contributed by atoms with Gasteiger partial charge in [0.1, 0.15) is 5.58 Å². The Balaban J connectivity index is 1.34. The van der Waals surface area contributed by atoms with Crippen LogP contribution in [0.5, 0.6) is 0 Å². The van der Waals surface area contributed by atoms with Crippen molar-refractivity contribution in [3.8, 4) is 5.69 Å². The van der Waals surface area contributed by atoms with Crippen LogP contribution in [0, 0.1) is 5.92 Å². The van der Waals surface area contributed by atoms with Crippen molar-refractivity contribution in [3.63, 3.8) is 0 Å². The Morgan fingerprint density at radius 1 is 0.780 bits per heavy atom. The number of benzene rings is 4. The number of allylic oxidation sites excluding steroid dienone is 7. The Morgan fingerprint density at radius 3 is 2.39 bits per heavy atom. The van der Waals surface area contributed by atoms with Crippen LogP contribution in [0.3, 0.4) is 0 Å². The number of rotatable bonds is 2. The molecule has 1 aliphatic heterocycles. The Kier molecular flexibility index (Phi) is 5.44. The van der Waals surface area contributed by atoms with Crippen molar-refractivity contribution < 1.29 is 4.42 Å². The molecular weight excluding hydrogens is 500 g/mol. The number of aromatic nitrogens is 1. The van der Waals surface area contributed by atoms with Gasteiger partial charge in [-0.3, -0.25) is 0 Å². The van der Waals surface area contributed by atoms with Crippen molar-refractivity contribution in [1.82, 2.24) is 4.57 Å². The fraction of sp³-hybridized carbons (Fsp3) is 0.0789. The van der Waals surface area contributed by atoms with Crippen LogP contribution in [0.25, 0.3) is 49.4 Å². The van der Waals surface area contributed by atoms with E-state index in [1.54, 1.807) is 0 Å². The van der Waals surface area contributed by atoms with E-state index in [9.17, 15) is 0 Å². The number of hydrogen-bond donors (Lipinski definition) is 0. The van der Waals surface area contributed by atoms with Crippen molar-refractivity contribution in [2.45, 2.75) is 6.92 Å². The van der Waals surface area contributed by atoms with Crippen LogP contribution in [0.4, 0.5) is 5.69 Å². The molecule has 0 bridgehead atoms. The lowest BCUT2D eigenvalue weighted by molar-refractivity contribution is 0.666. The molecule has 0 saturated carbocycles. The summed E-state index contributed by atoms with van der Waals surface area (Å²) < 4.78 is 8.98. The molecule has 0 saturated heterocycles. The smallest absolute Gasteiger partial charge is 0.159 e. The minimum atomic E-state index is 0.270. The first-order chi connectivity index (χ1) is 20.3. The van der Waals surface area contributed by atoms with Gasteiger partial charge in [0.15, 0.2) is 5.58 Å². The highest BCUT2D eigenvalue weighted by Crippen LogP contribution is 2.39. The largest absolute Gasteiger partial charge is 0.454 e. The van der Waals surface area contributed by atoms with E-state index in [1.165, 1.54) is 33.1 Å². The maximum Gasteiger partial charge on any atom is 0.159 e. The van der Waals surface area contributed by atoms with Gasteiger partial charge in [-0.1, -0.05) is 85.8 Å². The second kappa shape index (κ2) is 9.45. The monoisotopic (exact) mass is 528 g/mol. The predicted octanol–water partition coefficient (Wildman–Crippen LogP) is 9.79. The van der Waals surface area contributed by atoms with Gasteiger partial charge in [-0.05, 0) is 60.2 Å². The molecule has 8 rings (SSSR count). The van der Waals surface area contributed by atoms with Crippen molar-refractivity contribution in [1.29, 1.82) is 0 Å². The SMILES string of the molecule is CC1/C=C\C=C/CN(c2ccc3oc4c(-n5c6ccccc6c6ccccc65)cccc4c3c2)C2=C1C=C=CC=C2. The molecule has 0 radical (unpaired) electrons. The van der Waals surface area contributed by atoms with Gasteiger partial charge in [0.25, 0.3) is 0 Å². The van der Waals surface area contributed by atoms with Gasteiger partial charge in [-0.2, -0.15) is 0 Å². The highest BCUT2D eigenvalue weighted by molar-refractivity contribution is 6.13. The summed E-state index contributed by atoms with van der Waals surface area (Å²) in [5.74, 6) is 0.270. The van der Waals surface area contributed by atoms with Gasteiger partial charge in [-0.25, -0.2) is 0 Å². The molecule has 1 aliphatic carbocycles. The molecule has 1 atom stereocenters. The molecule has 2 aliphatic rings. The van der Waals surface area contributed by atoms with Gasteiger partial charge in [0, 0.05) is 45.4 Å². The van der Waals surface area contributed by atoms with Crippen LogP contribution in [-0.2, 0) is 0 Å². The first-order valence-electron chi connectivity index (χ1n) is 14.2. The number of anilines is 1. The van der Waals surface area contributed by atoms with E-state index in [0.717, 1.165) is 39.9 Å². The van der Waals surface area contributed by atoms with E-state index in [0.29, 0.717) is 0 Å². The maximum absolute atomic E-state index is 6.65. The Hall–Kier alpha value is -5.24. The molecule has 6 aromatic rings. The van der Waals surface area contributed by atoms with Gasteiger partial charge >= 0.3 is 0 Å². The van der Waals surface area contributed by atoms with E-state index >= 15 is 0 Å². The van der Waals surface area contributed by atoms with Crippen LogP contribution >= 0.6 is 0 Å². The molecule has 0 spiro atoms. The molecule has 0 N–H and O–H groups in total. The zero-order valence-electron chi connectivity index (χ0n) is 22.8. The molecule has 3 nitrogen and oxygen atoms in total. The fourth-order valence-corrected chi connectivity index (χ4v) is 6.33. The number of para-hydroxylation sites is 3. The van der Waals surface area contributed by atoms with Crippen LogP contribution in [-0.4, -0.2) is 11.1 Å². The third kappa shape index (κ3) is 3.75. The average Bonchev–Trinajstić information content (AvgIpc) is 3.46. The summed E-state index contributed by atoms with van der Waals surface area (Å²) >= 11 is 0. The summed E-state index contributed by atoms with van der Waals surface area (Å²) in [5, 5.41) is 4.71. The number of nitrogens with zero attached hydrogens (tertiary/aromatic N) is 2. The summed E-state index contributed by atoms with van der Waals surface area (Å²) in [6.07, 6.45) is 17.1. The van der Waals surface area contributed by atoms with E-state index < -0.39 is 0 Å². The van der Waals surface area contributed by atoms with E-state index in [1.807, 2.05) is 6.08 Å². The second-order valence-electron chi connectivity index (χ2n) is 10.7. The third-order valence-electron chi connectivity index (χ3n) is 8.29. The van der Waals surface area contributed by atoms with Crippen molar-refractivity contribution >= 4 is 49.4 Å². The van der Waals surface area contributed by atoms with E-state index in [2.05, 4.69) is 150 Å². The third-order valence-corrected chi connectivity index (χ3v) is 8.29. The van der Waals surface area contributed by atoms with Crippen molar-refractivity contribution in [2.24, 2.45) is 5.92 Å². The molecule has 1 unspecified atom stereocenters. The van der Waals surface area contributed by atoms with E-state index in [4.69, 9.17) is 4.42 Å². The Labute approximate surface area is 238 Å². The zero-order valence-corrected chi connectivity index (χ0v) is 22.8. The molecule has 196 valence electrons. The fourth-order valence-electron chi connectivity index (χ4n) is 6.33. The van der Waals surface area contributed by atoms with Crippen LogP contribution in [0.1, 0.15) is 6.92 Å². The minimum Gasteiger partial charge on any atom is -0.454 e. The lowest BCUT2D eigenvalue weighted by Crippen LogP contribution is -2.23. The van der Waals surface area contributed by atoms with Gasteiger partial charge < -0.3 is 13.9 Å². The molecule has 3 heterocycles. The normalized spacial score (nSPS) is 18.6. The molecule has 2 aromatic heterocycles. The van der Waals surface area contributed by atoms with E-state index in [-0.39, 0.29) is 5.92 Å². The van der Waals surface area contributed by atoms with Gasteiger partial charge in [0.05, 0.1) is 16.7 Å². The van der Waals surface area contributed by atoms with Crippen LogP contribution in [0.15, 0.2) is 155 Å². The molecule has 3 heteroatoms. The summed E-state index contributed by atoms with van der Waals surface area (Å²) in [4.78, 5) is 2.39.